The molecule has 0 fully saturated rings. The molecule has 4 aromatic carbocycles. The number of fused-ring (bicyclic) bond motifs is 3. The molecule has 4 aromatic rings. The third kappa shape index (κ3) is 3.78. The van der Waals surface area contributed by atoms with Crippen LogP contribution in [0.1, 0.15) is 66.5 Å². The van der Waals surface area contributed by atoms with Crippen molar-refractivity contribution >= 4 is 11.4 Å². The van der Waals surface area contributed by atoms with Crippen molar-refractivity contribution in [1.82, 2.24) is 0 Å². The molecule has 1 aliphatic carbocycles. The molecular formula is C34H37N. The van der Waals surface area contributed by atoms with E-state index in [-0.39, 0.29) is 17.9 Å². The van der Waals surface area contributed by atoms with Gasteiger partial charge in [0.2, 0.25) is 0 Å². The zero-order valence-corrected chi connectivity index (χ0v) is 21.8. The minimum absolute atomic E-state index is 0.120. The molecule has 0 aromatic heterocycles. The fourth-order valence-corrected chi connectivity index (χ4v) is 5.81. The molecule has 5 rings (SSSR count). The Hall–Kier alpha value is -3.32. The maximum atomic E-state index is 8.89. The van der Waals surface area contributed by atoms with Crippen LogP contribution in [0, 0.1) is 0 Å². The predicted octanol–water partition coefficient (Wildman–Crippen LogP) is 9.33. The third-order valence-corrected chi connectivity index (χ3v) is 7.53. The predicted molar refractivity (Wildman–Crippen MR) is 152 cm³/mol. The van der Waals surface area contributed by atoms with Gasteiger partial charge in [-0.25, -0.2) is 0 Å². The summed E-state index contributed by atoms with van der Waals surface area (Å²) in [7, 11) is 0. The molecule has 0 bridgehead atoms. The van der Waals surface area contributed by atoms with E-state index in [1.54, 1.807) is 0 Å². The molecule has 178 valence electrons. The quantitative estimate of drug-likeness (QED) is 0.276. The van der Waals surface area contributed by atoms with E-state index in [1.165, 1.54) is 22.3 Å². The number of aryl methyl sites for hydroxylation is 1. The van der Waals surface area contributed by atoms with Gasteiger partial charge < -0.3 is 4.90 Å². The molecule has 1 nitrogen and oxygen atoms in total. The van der Waals surface area contributed by atoms with Crippen molar-refractivity contribution in [1.29, 1.82) is 0 Å². The van der Waals surface area contributed by atoms with Crippen molar-refractivity contribution in [3.63, 3.8) is 0 Å². The third-order valence-electron chi connectivity index (χ3n) is 7.53. The highest BCUT2D eigenvalue weighted by atomic mass is 15.2. The number of benzene rings is 4. The lowest BCUT2D eigenvalue weighted by atomic mass is 9.81. The van der Waals surface area contributed by atoms with Crippen LogP contribution in [0.4, 0.5) is 11.4 Å². The van der Waals surface area contributed by atoms with Gasteiger partial charge in [0.1, 0.15) is 0 Å². The normalized spacial score (nSPS) is 16.2. The summed E-state index contributed by atoms with van der Waals surface area (Å²) in [4.78, 5) is 2.37. The van der Waals surface area contributed by atoms with Crippen LogP contribution >= 0.6 is 0 Å². The number of rotatable bonds is 6. The fourth-order valence-electron chi connectivity index (χ4n) is 5.81. The fraction of sp³-hybridized carbons (Fsp3) is 0.294. The van der Waals surface area contributed by atoms with Gasteiger partial charge in [0, 0.05) is 25.6 Å². The Labute approximate surface area is 214 Å². The summed E-state index contributed by atoms with van der Waals surface area (Å²) in [6, 6.07) is 30.2. The van der Waals surface area contributed by atoms with Gasteiger partial charge in [-0.05, 0) is 89.3 Å². The minimum Gasteiger partial charge on any atom is -0.338 e. The number of anilines is 2. The Morgan fingerprint density at radius 2 is 1.40 bits per heavy atom. The Morgan fingerprint density at radius 3 is 2.09 bits per heavy atom. The first-order valence-electron chi connectivity index (χ1n) is 13.9. The van der Waals surface area contributed by atoms with E-state index in [0.29, 0.717) is 0 Å². The first-order chi connectivity index (χ1) is 17.6. The van der Waals surface area contributed by atoms with Crippen LogP contribution in [0.3, 0.4) is 0 Å². The van der Waals surface area contributed by atoms with Gasteiger partial charge in [-0.2, -0.15) is 0 Å². The molecule has 2 atom stereocenters. The number of hydrogen-bond acceptors (Lipinski definition) is 1. The maximum absolute atomic E-state index is 8.89. The lowest BCUT2D eigenvalue weighted by molar-refractivity contribution is 0.659. The second-order valence-electron chi connectivity index (χ2n) is 10.3. The molecule has 0 aliphatic heterocycles. The van der Waals surface area contributed by atoms with E-state index in [0.717, 1.165) is 33.6 Å². The van der Waals surface area contributed by atoms with Gasteiger partial charge in [0.05, 0.1) is 0 Å². The van der Waals surface area contributed by atoms with Crippen molar-refractivity contribution in [2.45, 2.75) is 65.8 Å². The average molecular weight is 462 g/mol. The molecule has 1 heteroatoms. The van der Waals surface area contributed by atoms with E-state index in [1.807, 2.05) is 19.9 Å². The first kappa shape index (κ1) is 21.0. The topological polar surface area (TPSA) is 3.24 Å². The molecule has 1 aliphatic rings. The van der Waals surface area contributed by atoms with Crippen LogP contribution in [0.5, 0.6) is 0 Å². The Bertz CT molecular complexity index is 1430. The van der Waals surface area contributed by atoms with Crippen molar-refractivity contribution in [2.24, 2.45) is 0 Å². The average Bonchev–Trinajstić information content (AvgIpc) is 3.10. The molecule has 0 N–H and O–H groups in total. The monoisotopic (exact) mass is 461 g/mol. The largest absolute Gasteiger partial charge is 0.338 e. The molecule has 0 saturated carbocycles. The van der Waals surface area contributed by atoms with Crippen molar-refractivity contribution < 1.29 is 2.74 Å². The van der Waals surface area contributed by atoms with E-state index in [4.69, 9.17) is 2.74 Å². The highest BCUT2D eigenvalue weighted by Crippen LogP contribution is 2.51. The molecule has 0 radical (unpaired) electrons. The maximum Gasteiger partial charge on any atom is 0.0451 e. The van der Waals surface area contributed by atoms with Gasteiger partial charge in [-0.3, -0.25) is 0 Å². The van der Waals surface area contributed by atoms with E-state index in [2.05, 4.69) is 111 Å². The highest BCUT2D eigenvalue weighted by molar-refractivity contribution is 5.86. The summed E-state index contributed by atoms with van der Waals surface area (Å²) in [6.07, 6.45) is -0.786. The van der Waals surface area contributed by atoms with Crippen LogP contribution in [0.2, 0.25) is 0 Å². The SMILES string of the molecule is [2H]C(C)c1cc2c(cc1N(c1cccc(-c3ccccc3)c1C([2H])C)C(C)C)C(C)(C)c1ccccc1-2. The van der Waals surface area contributed by atoms with Crippen LogP contribution in [0.15, 0.2) is 84.9 Å². The van der Waals surface area contributed by atoms with Gasteiger partial charge in [-0.15, -0.1) is 0 Å². The summed E-state index contributed by atoms with van der Waals surface area (Å²) in [5.74, 6) is 0. The second kappa shape index (κ2) is 9.04. The smallest absolute Gasteiger partial charge is 0.0451 e. The number of hydrogen-bond donors (Lipinski definition) is 0. The molecule has 0 saturated heterocycles. The molecule has 2 unspecified atom stereocenters. The lowest BCUT2D eigenvalue weighted by Gasteiger charge is -2.35. The molecular weight excluding hydrogens is 422 g/mol. The summed E-state index contributed by atoms with van der Waals surface area (Å²) >= 11 is 0. The highest BCUT2D eigenvalue weighted by Gasteiger charge is 2.36. The van der Waals surface area contributed by atoms with E-state index >= 15 is 0 Å². The van der Waals surface area contributed by atoms with Gasteiger partial charge in [0.25, 0.3) is 0 Å². The number of nitrogens with zero attached hydrogens (tertiary/aromatic N) is 1. The standard InChI is InChI=1S/C34H37N/c1-7-24-21-29-28-17-12-13-19-30(28)34(5,6)31(29)22-33(24)35(23(3)4)32-20-14-18-27(26(32)8-2)25-15-10-9-11-16-25/h9-23H,7-8H2,1-6H3/i7D,8D. The van der Waals surface area contributed by atoms with Gasteiger partial charge in [0.15, 0.2) is 0 Å². The molecule has 0 spiro atoms. The van der Waals surface area contributed by atoms with Gasteiger partial charge >= 0.3 is 0 Å². The summed E-state index contributed by atoms with van der Waals surface area (Å²) in [6.45, 7) is 12.9. The Morgan fingerprint density at radius 1 is 0.714 bits per heavy atom. The van der Waals surface area contributed by atoms with Crippen LogP contribution < -0.4 is 4.90 Å². The molecule has 0 amide bonds. The summed E-state index contributed by atoms with van der Waals surface area (Å²) in [5, 5.41) is 0. The van der Waals surface area contributed by atoms with Crippen molar-refractivity contribution in [2.75, 3.05) is 4.90 Å². The van der Waals surface area contributed by atoms with Gasteiger partial charge in [-0.1, -0.05) is 94.4 Å². The van der Waals surface area contributed by atoms with Crippen LogP contribution in [0.25, 0.3) is 22.3 Å². The molecule has 0 heterocycles. The lowest BCUT2D eigenvalue weighted by Crippen LogP contribution is -2.28. The zero-order chi connectivity index (χ0) is 26.5. The van der Waals surface area contributed by atoms with Crippen LogP contribution in [-0.4, -0.2) is 6.04 Å². The van der Waals surface area contributed by atoms with Crippen LogP contribution in [-0.2, 0) is 18.2 Å². The van der Waals surface area contributed by atoms with E-state index in [9.17, 15) is 0 Å². The zero-order valence-electron chi connectivity index (χ0n) is 23.8. The first-order valence-corrected chi connectivity index (χ1v) is 12.7. The minimum atomic E-state index is -0.403. The Balaban J connectivity index is 1.78. The van der Waals surface area contributed by atoms with Crippen molar-refractivity contribution in [3.8, 4) is 22.3 Å². The molecule has 35 heavy (non-hydrogen) atoms. The van der Waals surface area contributed by atoms with E-state index < -0.39 is 6.40 Å². The summed E-state index contributed by atoms with van der Waals surface area (Å²) < 4.78 is 17.7. The van der Waals surface area contributed by atoms with Crippen molar-refractivity contribution in [3.05, 3.63) is 107 Å². The summed E-state index contributed by atoms with van der Waals surface area (Å²) in [5.41, 5.74) is 11.4. The second-order valence-corrected chi connectivity index (χ2v) is 10.3. The Kier molecular flexibility index (Phi) is 5.42.